The maximum absolute atomic E-state index is 12.5. The van der Waals surface area contributed by atoms with E-state index in [0.717, 1.165) is 11.1 Å². The molecular formula is C15H19F2NO3. The van der Waals surface area contributed by atoms with E-state index in [2.05, 4.69) is 4.74 Å². The number of carbonyl (C=O) groups is 1. The lowest BCUT2D eigenvalue weighted by molar-refractivity contribution is -0.141. The third kappa shape index (κ3) is 3.91. The topological polar surface area (TPSA) is 49.8 Å². The quantitative estimate of drug-likeness (QED) is 0.908. The van der Waals surface area contributed by atoms with Crippen LogP contribution in [0.5, 0.6) is 5.75 Å². The zero-order valence-corrected chi connectivity index (χ0v) is 12.1. The Labute approximate surface area is 122 Å². The van der Waals surface area contributed by atoms with Crippen LogP contribution in [0.15, 0.2) is 12.1 Å². The monoisotopic (exact) mass is 299 g/mol. The Balaban J connectivity index is 2.15. The summed E-state index contributed by atoms with van der Waals surface area (Å²) in [5.74, 6) is -1.01. The van der Waals surface area contributed by atoms with Gasteiger partial charge in [0.1, 0.15) is 5.75 Å². The van der Waals surface area contributed by atoms with E-state index >= 15 is 0 Å². The van der Waals surface area contributed by atoms with Gasteiger partial charge in [-0.3, -0.25) is 9.69 Å². The van der Waals surface area contributed by atoms with E-state index in [1.165, 1.54) is 0 Å². The van der Waals surface area contributed by atoms with Crippen molar-refractivity contribution < 1.29 is 23.4 Å². The summed E-state index contributed by atoms with van der Waals surface area (Å²) in [6.07, 6.45) is 0.589. The van der Waals surface area contributed by atoms with Gasteiger partial charge in [-0.1, -0.05) is 6.07 Å². The second kappa shape index (κ2) is 6.39. The van der Waals surface area contributed by atoms with E-state index in [-0.39, 0.29) is 11.7 Å². The van der Waals surface area contributed by atoms with Crippen LogP contribution in [0.1, 0.15) is 23.1 Å². The number of alkyl halides is 2. The SMILES string of the molecule is Cc1cc(CN2CCC(C(=O)O)C2)c(OC(F)F)cc1C. The van der Waals surface area contributed by atoms with Crippen LogP contribution < -0.4 is 4.74 Å². The molecule has 1 N–H and O–H groups in total. The van der Waals surface area contributed by atoms with Crippen LogP contribution in [0.3, 0.4) is 0 Å². The number of ether oxygens (including phenoxy) is 1. The second-order valence-corrected chi connectivity index (χ2v) is 5.48. The first kappa shape index (κ1) is 15.7. The van der Waals surface area contributed by atoms with Crippen LogP contribution >= 0.6 is 0 Å². The van der Waals surface area contributed by atoms with Crippen molar-refractivity contribution in [1.82, 2.24) is 4.90 Å². The number of likely N-dealkylation sites (tertiary alicyclic amines) is 1. The summed E-state index contributed by atoms with van der Waals surface area (Å²) in [4.78, 5) is 12.9. The van der Waals surface area contributed by atoms with Crippen molar-refractivity contribution in [3.05, 3.63) is 28.8 Å². The minimum absolute atomic E-state index is 0.173. The number of halogens is 2. The molecule has 1 aromatic rings. The summed E-state index contributed by atoms with van der Waals surface area (Å²) in [7, 11) is 0. The molecule has 0 aliphatic carbocycles. The Bertz CT molecular complexity index is 534. The fraction of sp³-hybridized carbons (Fsp3) is 0.533. The van der Waals surface area contributed by atoms with Crippen molar-refractivity contribution in [1.29, 1.82) is 0 Å². The number of benzene rings is 1. The molecule has 0 radical (unpaired) electrons. The number of nitrogens with zero attached hydrogens (tertiary/aromatic N) is 1. The summed E-state index contributed by atoms with van der Waals surface area (Å²) in [5.41, 5.74) is 2.56. The van der Waals surface area contributed by atoms with Crippen molar-refractivity contribution in [2.45, 2.75) is 33.4 Å². The number of carboxylic acids is 1. The van der Waals surface area contributed by atoms with Crippen molar-refractivity contribution in [3.63, 3.8) is 0 Å². The van der Waals surface area contributed by atoms with Crippen LogP contribution in [0.25, 0.3) is 0 Å². The minimum atomic E-state index is -2.86. The molecule has 4 nitrogen and oxygen atoms in total. The number of carboxylic acid groups (broad SMARTS) is 1. The third-order valence-electron chi connectivity index (χ3n) is 3.91. The van der Waals surface area contributed by atoms with Gasteiger partial charge in [-0.05, 0) is 44.0 Å². The van der Waals surface area contributed by atoms with E-state index in [1.54, 1.807) is 6.07 Å². The molecule has 1 heterocycles. The lowest BCUT2D eigenvalue weighted by atomic mass is 10.0. The van der Waals surface area contributed by atoms with Crippen molar-refractivity contribution in [2.75, 3.05) is 13.1 Å². The van der Waals surface area contributed by atoms with Gasteiger partial charge in [-0.25, -0.2) is 0 Å². The second-order valence-electron chi connectivity index (χ2n) is 5.48. The highest BCUT2D eigenvalue weighted by Crippen LogP contribution is 2.28. The number of aryl methyl sites for hydroxylation is 2. The Morgan fingerprint density at radius 3 is 2.67 bits per heavy atom. The predicted octanol–water partition coefficient (Wildman–Crippen LogP) is 2.81. The average Bonchev–Trinajstić information content (AvgIpc) is 2.83. The number of hydrogen-bond donors (Lipinski definition) is 1. The largest absolute Gasteiger partial charge is 0.481 e. The average molecular weight is 299 g/mol. The van der Waals surface area contributed by atoms with Crippen LogP contribution in [0, 0.1) is 19.8 Å². The molecule has 1 saturated heterocycles. The number of rotatable bonds is 5. The molecule has 1 aliphatic rings. The molecular weight excluding hydrogens is 280 g/mol. The normalized spacial score (nSPS) is 19.2. The summed E-state index contributed by atoms with van der Waals surface area (Å²) in [5, 5.41) is 9.00. The van der Waals surface area contributed by atoms with Crippen molar-refractivity contribution in [2.24, 2.45) is 5.92 Å². The van der Waals surface area contributed by atoms with Gasteiger partial charge in [-0.2, -0.15) is 8.78 Å². The first-order valence-corrected chi connectivity index (χ1v) is 6.87. The molecule has 1 fully saturated rings. The van der Waals surface area contributed by atoms with Crippen molar-refractivity contribution in [3.8, 4) is 5.75 Å². The van der Waals surface area contributed by atoms with Crippen LogP contribution in [-0.4, -0.2) is 35.7 Å². The maximum atomic E-state index is 12.5. The van der Waals surface area contributed by atoms with Gasteiger partial charge in [0, 0.05) is 18.7 Å². The molecule has 116 valence electrons. The summed E-state index contributed by atoms with van der Waals surface area (Å²) >= 11 is 0. The van der Waals surface area contributed by atoms with Gasteiger partial charge < -0.3 is 9.84 Å². The van der Waals surface area contributed by atoms with E-state index in [1.807, 2.05) is 24.8 Å². The molecule has 0 amide bonds. The Morgan fingerprint density at radius 2 is 2.10 bits per heavy atom. The lowest BCUT2D eigenvalue weighted by Crippen LogP contribution is -2.23. The first-order chi connectivity index (χ1) is 9.86. The van der Waals surface area contributed by atoms with Crippen LogP contribution in [0.2, 0.25) is 0 Å². The first-order valence-electron chi connectivity index (χ1n) is 6.87. The zero-order valence-electron chi connectivity index (χ0n) is 12.1. The van der Waals surface area contributed by atoms with Gasteiger partial charge >= 0.3 is 12.6 Å². The summed E-state index contributed by atoms with van der Waals surface area (Å²) in [6, 6.07) is 3.45. The van der Waals surface area contributed by atoms with Crippen molar-refractivity contribution >= 4 is 5.97 Å². The Morgan fingerprint density at radius 1 is 1.43 bits per heavy atom. The highest BCUT2D eigenvalue weighted by Gasteiger charge is 2.28. The zero-order chi connectivity index (χ0) is 15.6. The summed E-state index contributed by atoms with van der Waals surface area (Å²) in [6.45, 7) is 2.40. The van der Waals surface area contributed by atoms with Gasteiger partial charge in [0.15, 0.2) is 0 Å². The number of aliphatic carboxylic acids is 1. The minimum Gasteiger partial charge on any atom is -0.481 e. The molecule has 0 spiro atoms. The molecule has 1 atom stereocenters. The van der Waals surface area contributed by atoms with E-state index < -0.39 is 12.6 Å². The standard InChI is InChI=1S/C15H19F2NO3/c1-9-5-12(13(6-10(9)2)21-15(16)17)8-18-4-3-11(7-18)14(19)20/h5-6,11,15H,3-4,7-8H2,1-2H3,(H,19,20). The van der Waals surface area contributed by atoms with E-state index in [9.17, 15) is 13.6 Å². The van der Waals surface area contributed by atoms with Gasteiger partial charge in [0.25, 0.3) is 0 Å². The molecule has 2 rings (SSSR count). The van der Waals surface area contributed by atoms with Crippen LogP contribution in [0.4, 0.5) is 8.78 Å². The van der Waals surface area contributed by atoms with E-state index in [0.29, 0.717) is 31.6 Å². The maximum Gasteiger partial charge on any atom is 0.387 e. The highest BCUT2D eigenvalue weighted by atomic mass is 19.3. The fourth-order valence-corrected chi connectivity index (χ4v) is 2.60. The predicted molar refractivity (Wildman–Crippen MR) is 73.6 cm³/mol. The molecule has 21 heavy (non-hydrogen) atoms. The van der Waals surface area contributed by atoms with Gasteiger partial charge in [-0.15, -0.1) is 0 Å². The Kier molecular flexibility index (Phi) is 4.77. The molecule has 0 aromatic heterocycles. The molecule has 1 unspecified atom stereocenters. The fourth-order valence-electron chi connectivity index (χ4n) is 2.60. The Hall–Kier alpha value is -1.69. The van der Waals surface area contributed by atoms with Crippen LogP contribution in [-0.2, 0) is 11.3 Å². The molecule has 6 heteroatoms. The summed E-state index contributed by atoms with van der Waals surface area (Å²) < 4.78 is 29.6. The molecule has 0 saturated carbocycles. The smallest absolute Gasteiger partial charge is 0.387 e. The molecule has 1 aromatic carbocycles. The third-order valence-corrected chi connectivity index (χ3v) is 3.91. The molecule has 0 bridgehead atoms. The molecule has 1 aliphatic heterocycles. The van der Waals surface area contributed by atoms with Gasteiger partial charge in [0.2, 0.25) is 0 Å². The van der Waals surface area contributed by atoms with Gasteiger partial charge in [0.05, 0.1) is 5.92 Å². The van der Waals surface area contributed by atoms with E-state index in [4.69, 9.17) is 5.11 Å². The highest BCUT2D eigenvalue weighted by molar-refractivity contribution is 5.70. The lowest BCUT2D eigenvalue weighted by Gasteiger charge is -2.19. The number of hydrogen-bond acceptors (Lipinski definition) is 3.